The number of hydrogen-bond donors (Lipinski definition) is 0. The molecule has 7 nitrogen and oxygen atoms in total. The zero-order valence-corrected chi connectivity index (χ0v) is 17.7. The van der Waals surface area contributed by atoms with Crippen molar-refractivity contribution in [2.75, 3.05) is 38.3 Å². The average molecular weight is 419 g/mol. The molecule has 1 saturated heterocycles. The van der Waals surface area contributed by atoms with E-state index < -0.39 is 16.0 Å². The molecule has 0 amide bonds. The lowest BCUT2D eigenvalue weighted by molar-refractivity contribution is 0.0526. The van der Waals surface area contributed by atoms with E-state index in [0.717, 1.165) is 11.4 Å². The molecule has 29 heavy (non-hydrogen) atoms. The van der Waals surface area contributed by atoms with Crippen LogP contribution in [0.2, 0.25) is 0 Å². The van der Waals surface area contributed by atoms with Gasteiger partial charge in [-0.3, -0.25) is 0 Å². The summed E-state index contributed by atoms with van der Waals surface area (Å²) in [6, 6.07) is 13.7. The van der Waals surface area contributed by atoms with Gasteiger partial charge in [0.25, 0.3) is 0 Å². The van der Waals surface area contributed by atoms with Gasteiger partial charge in [-0.2, -0.15) is 4.31 Å². The van der Waals surface area contributed by atoms with Crippen molar-refractivity contribution in [2.45, 2.75) is 24.8 Å². The van der Waals surface area contributed by atoms with Crippen LogP contribution in [0.1, 0.15) is 24.2 Å². The number of ether oxygens (including phenoxy) is 2. The van der Waals surface area contributed by atoms with Gasteiger partial charge in [0.2, 0.25) is 10.0 Å². The number of nitrogens with zero attached hydrogens (tertiary/aromatic N) is 2. The molecule has 1 atom stereocenters. The summed E-state index contributed by atoms with van der Waals surface area (Å²) >= 11 is 0. The van der Waals surface area contributed by atoms with Crippen LogP contribution in [0, 0.1) is 0 Å². The number of sulfonamides is 1. The van der Waals surface area contributed by atoms with Gasteiger partial charge >= 0.3 is 5.97 Å². The number of benzene rings is 2. The molecule has 1 fully saturated rings. The molecule has 156 valence electrons. The van der Waals surface area contributed by atoms with Crippen molar-refractivity contribution in [3.05, 3.63) is 54.1 Å². The van der Waals surface area contributed by atoms with Crippen LogP contribution >= 0.6 is 0 Å². The first-order valence-corrected chi connectivity index (χ1v) is 11.0. The molecule has 8 heteroatoms. The molecule has 1 aliphatic rings. The van der Waals surface area contributed by atoms with Gasteiger partial charge in [-0.15, -0.1) is 0 Å². The first kappa shape index (κ1) is 21.1. The molecule has 0 aliphatic carbocycles. The van der Waals surface area contributed by atoms with Crippen molar-refractivity contribution in [3.8, 4) is 5.75 Å². The summed E-state index contributed by atoms with van der Waals surface area (Å²) in [6.45, 7) is 5.33. The standard InChI is InChI=1S/C21H26N2O5S/c1-4-28-21(24)17-8-10-20(11-9-17)29(25,26)22-12-13-23(16(2)15-22)18-6-5-7-19(14-18)27-3/h5-11,14,16H,4,12-13,15H2,1-3H3/t16-/m1/s1. The number of piperazine rings is 1. The molecule has 0 aromatic heterocycles. The number of anilines is 1. The molecule has 0 radical (unpaired) electrons. The van der Waals surface area contributed by atoms with Crippen LogP contribution < -0.4 is 9.64 Å². The van der Waals surface area contributed by atoms with E-state index in [1.54, 1.807) is 14.0 Å². The smallest absolute Gasteiger partial charge is 0.338 e. The van der Waals surface area contributed by atoms with E-state index in [-0.39, 0.29) is 17.5 Å². The molecule has 2 aromatic carbocycles. The third-order valence-electron chi connectivity index (χ3n) is 4.98. The van der Waals surface area contributed by atoms with E-state index in [1.807, 2.05) is 31.2 Å². The zero-order valence-electron chi connectivity index (χ0n) is 16.9. The van der Waals surface area contributed by atoms with Crippen LogP contribution in [0.3, 0.4) is 0 Å². The van der Waals surface area contributed by atoms with Crippen molar-refractivity contribution in [2.24, 2.45) is 0 Å². The van der Waals surface area contributed by atoms with Crippen molar-refractivity contribution in [3.63, 3.8) is 0 Å². The highest BCUT2D eigenvalue weighted by molar-refractivity contribution is 7.89. The fourth-order valence-electron chi connectivity index (χ4n) is 3.44. The summed E-state index contributed by atoms with van der Waals surface area (Å²) in [6.07, 6.45) is 0. The maximum Gasteiger partial charge on any atom is 0.338 e. The van der Waals surface area contributed by atoms with Gasteiger partial charge in [-0.25, -0.2) is 13.2 Å². The quantitative estimate of drug-likeness (QED) is 0.672. The normalized spacial score (nSPS) is 17.8. The van der Waals surface area contributed by atoms with Crippen molar-refractivity contribution in [1.82, 2.24) is 4.31 Å². The van der Waals surface area contributed by atoms with E-state index in [4.69, 9.17) is 9.47 Å². The van der Waals surface area contributed by atoms with Crippen molar-refractivity contribution >= 4 is 21.7 Å². The minimum atomic E-state index is -3.64. The highest BCUT2D eigenvalue weighted by Gasteiger charge is 2.32. The Morgan fingerprint density at radius 2 is 1.86 bits per heavy atom. The van der Waals surface area contributed by atoms with Gasteiger partial charge in [-0.05, 0) is 50.2 Å². The van der Waals surface area contributed by atoms with E-state index in [1.165, 1.54) is 28.6 Å². The summed E-state index contributed by atoms with van der Waals surface area (Å²) in [5.41, 5.74) is 1.34. The number of rotatable bonds is 6. The Labute approximate surface area is 171 Å². The second kappa shape index (κ2) is 8.84. The predicted molar refractivity (Wildman–Crippen MR) is 111 cm³/mol. The number of carbonyl (C=O) groups excluding carboxylic acids is 1. The molecule has 0 bridgehead atoms. The van der Waals surface area contributed by atoms with Gasteiger partial charge in [0, 0.05) is 37.4 Å². The minimum Gasteiger partial charge on any atom is -0.497 e. The second-order valence-corrected chi connectivity index (χ2v) is 8.79. The average Bonchev–Trinajstić information content (AvgIpc) is 2.74. The number of esters is 1. The molecule has 0 spiro atoms. The molecule has 3 rings (SSSR count). The lowest BCUT2D eigenvalue weighted by Crippen LogP contribution is -2.53. The molecular weight excluding hydrogens is 392 g/mol. The Morgan fingerprint density at radius 3 is 2.48 bits per heavy atom. The van der Waals surface area contributed by atoms with E-state index in [2.05, 4.69) is 4.90 Å². The van der Waals surface area contributed by atoms with E-state index in [0.29, 0.717) is 25.2 Å². The Morgan fingerprint density at radius 1 is 1.14 bits per heavy atom. The van der Waals surface area contributed by atoms with Crippen molar-refractivity contribution in [1.29, 1.82) is 0 Å². The lowest BCUT2D eigenvalue weighted by atomic mass is 10.1. The van der Waals surface area contributed by atoms with Crippen LogP contribution in [-0.4, -0.2) is 58.1 Å². The lowest BCUT2D eigenvalue weighted by Gasteiger charge is -2.40. The van der Waals surface area contributed by atoms with Crippen LogP contribution in [0.15, 0.2) is 53.4 Å². The maximum atomic E-state index is 13.1. The Kier molecular flexibility index (Phi) is 6.44. The van der Waals surface area contributed by atoms with E-state index in [9.17, 15) is 13.2 Å². The summed E-state index contributed by atoms with van der Waals surface area (Å²) in [5, 5.41) is 0. The van der Waals surface area contributed by atoms with Crippen molar-refractivity contribution < 1.29 is 22.7 Å². The molecule has 1 heterocycles. The number of hydrogen-bond acceptors (Lipinski definition) is 6. The van der Waals surface area contributed by atoms with Crippen LogP contribution in [-0.2, 0) is 14.8 Å². The topological polar surface area (TPSA) is 76.2 Å². The first-order valence-electron chi connectivity index (χ1n) is 9.55. The minimum absolute atomic E-state index is 0.00411. The van der Waals surface area contributed by atoms with Gasteiger partial charge in [0.15, 0.2) is 0 Å². The summed E-state index contributed by atoms with van der Waals surface area (Å²) < 4.78 is 37.8. The van der Waals surface area contributed by atoms with Gasteiger partial charge in [-0.1, -0.05) is 6.07 Å². The molecule has 0 saturated carbocycles. The SMILES string of the molecule is CCOC(=O)c1ccc(S(=O)(=O)N2CCN(c3cccc(OC)c3)[C@H](C)C2)cc1. The fraction of sp³-hybridized carbons (Fsp3) is 0.381. The third kappa shape index (κ3) is 4.54. The summed E-state index contributed by atoms with van der Waals surface area (Å²) in [7, 11) is -2.01. The van der Waals surface area contributed by atoms with Crippen LogP contribution in [0.5, 0.6) is 5.75 Å². The molecule has 2 aromatic rings. The molecule has 1 aliphatic heterocycles. The maximum absolute atomic E-state index is 13.1. The zero-order chi connectivity index (χ0) is 21.0. The van der Waals surface area contributed by atoms with Crippen LogP contribution in [0.4, 0.5) is 5.69 Å². The highest BCUT2D eigenvalue weighted by atomic mass is 32.2. The van der Waals surface area contributed by atoms with E-state index >= 15 is 0 Å². The van der Waals surface area contributed by atoms with Crippen LogP contribution in [0.25, 0.3) is 0 Å². The van der Waals surface area contributed by atoms with Gasteiger partial charge < -0.3 is 14.4 Å². The Hall–Kier alpha value is -2.58. The first-order chi connectivity index (χ1) is 13.9. The molecule has 0 N–H and O–H groups in total. The molecule has 0 unspecified atom stereocenters. The second-order valence-electron chi connectivity index (χ2n) is 6.85. The predicted octanol–water partition coefficient (Wildman–Crippen LogP) is 2.77. The summed E-state index contributed by atoms with van der Waals surface area (Å²) in [4.78, 5) is 14.1. The Balaban J connectivity index is 1.73. The highest BCUT2D eigenvalue weighted by Crippen LogP contribution is 2.27. The van der Waals surface area contributed by atoms with Gasteiger partial charge in [0.05, 0.1) is 24.2 Å². The monoisotopic (exact) mass is 418 g/mol. The number of methoxy groups -OCH3 is 1. The fourth-order valence-corrected chi connectivity index (χ4v) is 4.95. The third-order valence-corrected chi connectivity index (χ3v) is 6.86. The number of carbonyl (C=O) groups is 1. The molecular formula is C21H26N2O5S. The van der Waals surface area contributed by atoms with Gasteiger partial charge in [0.1, 0.15) is 5.75 Å². The largest absolute Gasteiger partial charge is 0.497 e. The Bertz CT molecular complexity index is 959. The summed E-state index contributed by atoms with van der Waals surface area (Å²) in [5.74, 6) is 0.309.